The molecule has 1 aromatic heterocycles. The predicted molar refractivity (Wildman–Crippen MR) is 85.5 cm³/mol. The second kappa shape index (κ2) is 6.85. The number of rotatable bonds is 4. The number of nitrogens with zero attached hydrogens (tertiary/aromatic N) is 1. The minimum Gasteiger partial charge on any atom is -0.313 e. The van der Waals surface area contributed by atoms with E-state index in [4.69, 9.17) is 0 Å². The van der Waals surface area contributed by atoms with Gasteiger partial charge in [-0.25, -0.2) is 4.79 Å². The van der Waals surface area contributed by atoms with Crippen LogP contribution in [0.1, 0.15) is 24.2 Å². The summed E-state index contributed by atoms with van der Waals surface area (Å²) in [6.45, 7) is 3.93. The molecule has 2 amide bonds. The van der Waals surface area contributed by atoms with Crippen LogP contribution < -0.4 is 16.0 Å². The second-order valence-electron chi connectivity index (χ2n) is 4.85. The number of aromatic nitrogens is 1. The Bertz CT molecular complexity index is 610. The molecule has 2 aromatic rings. The highest BCUT2D eigenvalue weighted by atomic mass is 16.2. The predicted octanol–water partition coefficient (Wildman–Crippen LogP) is 3.31. The molecule has 1 unspecified atom stereocenters. The van der Waals surface area contributed by atoms with Crippen molar-refractivity contribution in [2.75, 3.05) is 17.7 Å². The van der Waals surface area contributed by atoms with Crippen molar-refractivity contribution in [3.63, 3.8) is 0 Å². The van der Waals surface area contributed by atoms with Crippen molar-refractivity contribution in [1.82, 2.24) is 10.3 Å². The third-order valence-corrected chi connectivity index (χ3v) is 3.36. The number of benzene rings is 1. The first-order valence-corrected chi connectivity index (χ1v) is 6.87. The number of urea groups is 1. The number of hydrogen-bond acceptors (Lipinski definition) is 3. The summed E-state index contributed by atoms with van der Waals surface area (Å²) in [6, 6.07) is 11.4. The number of carbonyl (C=O) groups excluding carboxylic acids is 1. The molecular weight excluding hydrogens is 264 g/mol. The van der Waals surface area contributed by atoms with Crippen molar-refractivity contribution >= 4 is 17.4 Å². The van der Waals surface area contributed by atoms with E-state index in [1.54, 1.807) is 12.3 Å². The molecular formula is C16H20N4O. The molecule has 0 aliphatic carbocycles. The third kappa shape index (κ3) is 4.03. The smallest absolute Gasteiger partial charge is 0.313 e. The van der Waals surface area contributed by atoms with Crippen molar-refractivity contribution < 1.29 is 4.79 Å². The van der Waals surface area contributed by atoms with Crippen LogP contribution in [0.4, 0.5) is 16.2 Å². The Morgan fingerprint density at radius 1 is 1.14 bits per heavy atom. The summed E-state index contributed by atoms with van der Waals surface area (Å²) in [6.07, 6.45) is 1.69. The van der Waals surface area contributed by atoms with E-state index in [0.29, 0.717) is 5.69 Å². The van der Waals surface area contributed by atoms with Gasteiger partial charge in [-0.3, -0.25) is 4.98 Å². The lowest BCUT2D eigenvalue weighted by molar-refractivity contribution is 0.262. The van der Waals surface area contributed by atoms with Gasteiger partial charge in [-0.15, -0.1) is 0 Å². The molecule has 110 valence electrons. The Hall–Kier alpha value is -2.40. The average molecular weight is 284 g/mol. The average Bonchev–Trinajstić information content (AvgIpc) is 2.49. The molecule has 0 spiro atoms. The molecule has 5 nitrogen and oxygen atoms in total. The molecule has 1 atom stereocenters. The zero-order chi connectivity index (χ0) is 15.2. The van der Waals surface area contributed by atoms with Gasteiger partial charge in [0.15, 0.2) is 0 Å². The summed E-state index contributed by atoms with van der Waals surface area (Å²) in [4.78, 5) is 16.1. The number of hydrogen-bond donors (Lipinski definition) is 3. The summed E-state index contributed by atoms with van der Waals surface area (Å²) in [5, 5.41) is 8.76. The Morgan fingerprint density at radius 3 is 2.48 bits per heavy atom. The number of pyridine rings is 1. The topological polar surface area (TPSA) is 66.0 Å². The van der Waals surface area contributed by atoms with Crippen LogP contribution in [-0.2, 0) is 0 Å². The quantitative estimate of drug-likeness (QED) is 0.807. The molecule has 0 aliphatic rings. The zero-order valence-corrected chi connectivity index (χ0v) is 12.5. The maximum absolute atomic E-state index is 11.9. The van der Waals surface area contributed by atoms with E-state index in [1.165, 1.54) is 5.56 Å². The maximum Gasteiger partial charge on any atom is 0.323 e. The molecule has 0 radical (unpaired) electrons. The largest absolute Gasteiger partial charge is 0.323 e. The van der Waals surface area contributed by atoms with Gasteiger partial charge in [0.2, 0.25) is 0 Å². The van der Waals surface area contributed by atoms with Crippen molar-refractivity contribution in [3.8, 4) is 0 Å². The fourth-order valence-electron chi connectivity index (χ4n) is 1.92. The van der Waals surface area contributed by atoms with Gasteiger partial charge in [-0.1, -0.05) is 12.1 Å². The third-order valence-electron chi connectivity index (χ3n) is 3.36. The Morgan fingerprint density at radius 2 is 1.86 bits per heavy atom. The van der Waals surface area contributed by atoms with E-state index in [1.807, 2.05) is 44.3 Å². The van der Waals surface area contributed by atoms with E-state index in [9.17, 15) is 4.79 Å². The molecule has 5 heteroatoms. The minimum atomic E-state index is -0.277. The number of carbonyl (C=O) groups is 1. The van der Waals surface area contributed by atoms with Crippen LogP contribution >= 0.6 is 0 Å². The van der Waals surface area contributed by atoms with Gasteiger partial charge in [-0.05, 0) is 50.7 Å². The number of anilines is 2. The van der Waals surface area contributed by atoms with Crippen LogP contribution in [0, 0.1) is 6.92 Å². The van der Waals surface area contributed by atoms with Gasteiger partial charge in [0.25, 0.3) is 0 Å². The lowest BCUT2D eigenvalue weighted by atomic mass is 10.1. The molecule has 0 aliphatic heterocycles. The van der Waals surface area contributed by atoms with Crippen LogP contribution in [0.5, 0.6) is 0 Å². The lowest BCUT2D eigenvalue weighted by Crippen LogP contribution is -2.20. The number of aryl methyl sites for hydroxylation is 1. The monoisotopic (exact) mass is 284 g/mol. The van der Waals surface area contributed by atoms with E-state index < -0.39 is 0 Å². The lowest BCUT2D eigenvalue weighted by Gasteiger charge is -2.12. The summed E-state index contributed by atoms with van der Waals surface area (Å²) >= 11 is 0. The van der Waals surface area contributed by atoms with Crippen LogP contribution in [0.2, 0.25) is 0 Å². The maximum atomic E-state index is 11.9. The molecule has 0 saturated carbocycles. The second-order valence-corrected chi connectivity index (χ2v) is 4.85. The normalized spacial score (nSPS) is 11.8. The highest BCUT2D eigenvalue weighted by Crippen LogP contribution is 2.16. The Kier molecular flexibility index (Phi) is 4.90. The van der Waals surface area contributed by atoms with Crippen molar-refractivity contribution in [3.05, 3.63) is 53.9 Å². The van der Waals surface area contributed by atoms with Crippen LogP contribution in [0.25, 0.3) is 0 Å². The zero-order valence-electron chi connectivity index (χ0n) is 12.5. The standard InChI is InChI=1S/C16H20N4O/c1-11(17-3)13-6-8-14(9-7-13)19-16(21)20-15-5-4-10-18-12(15)2/h4-11,17H,1-3H3,(H2,19,20,21). The van der Waals surface area contributed by atoms with Gasteiger partial charge < -0.3 is 16.0 Å². The van der Waals surface area contributed by atoms with Crippen molar-refractivity contribution in [2.24, 2.45) is 0 Å². The molecule has 0 fully saturated rings. The van der Waals surface area contributed by atoms with Gasteiger partial charge in [0.05, 0.1) is 11.4 Å². The fourth-order valence-corrected chi connectivity index (χ4v) is 1.92. The van der Waals surface area contributed by atoms with E-state index in [2.05, 4.69) is 27.9 Å². The first kappa shape index (κ1) is 15.0. The van der Waals surface area contributed by atoms with Gasteiger partial charge >= 0.3 is 6.03 Å². The molecule has 0 bridgehead atoms. The molecule has 0 saturated heterocycles. The number of nitrogens with one attached hydrogen (secondary N) is 3. The van der Waals surface area contributed by atoms with Crippen molar-refractivity contribution in [1.29, 1.82) is 0 Å². The summed E-state index contributed by atoms with van der Waals surface area (Å²) in [7, 11) is 1.92. The highest BCUT2D eigenvalue weighted by molar-refractivity contribution is 6.00. The Balaban J connectivity index is 1.98. The van der Waals surface area contributed by atoms with E-state index in [-0.39, 0.29) is 12.1 Å². The van der Waals surface area contributed by atoms with Gasteiger partial charge in [0, 0.05) is 17.9 Å². The molecule has 1 heterocycles. The molecule has 21 heavy (non-hydrogen) atoms. The SMILES string of the molecule is CNC(C)c1ccc(NC(=O)Nc2cccnc2C)cc1. The molecule has 3 N–H and O–H groups in total. The van der Waals surface area contributed by atoms with Gasteiger partial charge in [-0.2, -0.15) is 0 Å². The van der Waals surface area contributed by atoms with Crippen molar-refractivity contribution in [2.45, 2.75) is 19.9 Å². The molecule has 2 rings (SSSR count). The van der Waals surface area contributed by atoms with Crippen LogP contribution in [0.15, 0.2) is 42.6 Å². The van der Waals surface area contributed by atoms with Crippen LogP contribution in [-0.4, -0.2) is 18.1 Å². The Labute approximate surface area is 124 Å². The fraction of sp³-hybridized carbons (Fsp3) is 0.250. The first-order chi connectivity index (χ1) is 10.1. The summed E-state index contributed by atoms with van der Waals surface area (Å²) in [5.74, 6) is 0. The van der Waals surface area contributed by atoms with Crippen LogP contribution in [0.3, 0.4) is 0 Å². The number of amides is 2. The first-order valence-electron chi connectivity index (χ1n) is 6.87. The summed E-state index contributed by atoms with van der Waals surface area (Å²) in [5.41, 5.74) is 3.41. The van der Waals surface area contributed by atoms with Gasteiger partial charge in [0.1, 0.15) is 0 Å². The minimum absolute atomic E-state index is 0.277. The molecule has 1 aromatic carbocycles. The van der Waals surface area contributed by atoms with E-state index in [0.717, 1.165) is 11.4 Å². The summed E-state index contributed by atoms with van der Waals surface area (Å²) < 4.78 is 0. The van der Waals surface area contributed by atoms with E-state index >= 15 is 0 Å². The highest BCUT2D eigenvalue weighted by Gasteiger charge is 2.06.